The first kappa shape index (κ1) is 19.4. The van der Waals surface area contributed by atoms with E-state index < -0.39 is 0 Å². The van der Waals surface area contributed by atoms with Crippen LogP contribution in [0.2, 0.25) is 0 Å². The molecule has 3 aromatic carbocycles. The maximum Gasteiger partial charge on any atom is 0.227 e. The van der Waals surface area contributed by atoms with Crippen LogP contribution in [0.5, 0.6) is 5.75 Å². The van der Waals surface area contributed by atoms with Crippen LogP contribution in [0.1, 0.15) is 12.0 Å². The lowest BCUT2D eigenvalue weighted by molar-refractivity contribution is -0.116. The summed E-state index contributed by atoms with van der Waals surface area (Å²) < 4.78 is 18.4. The van der Waals surface area contributed by atoms with Gasteiger partial charge in [0.05, 0.1) is 13.0 Å². The summed E-state index contributed by atoms with van der Waals surface area (Å²) >= 11 is 0. The first-order valence-corrected chi connectivity index (χ1v) is 9.25. The van der Waals surface area contributed by atoms with Gasteiger partial charge in [0, 0.05) is 17.9 Å². The Morgan fingerprint density at radius 1 is 0.857 bits per heavy atom. The van der Waals surface area contributed by atoms with Gasteiger partial charge in [-0.3, -0.25) is 4.79 Å². The Bertz CT molecular complexity index is 865. The molecule has 0 saturated heterocycles. The molecule has 5 heteroatoms. The van der Waals surface area contributed by atoms with E-state index in [1.54, 1.807) is 12.1 Å². The summed E-state index contributed by atoms with van der Waals surface area (Å²) in [7, 11) is 0. The third kappa shape index (κ3) is 6.43. The number of ether oxygens (including phenoxy) is 1. The number of rotatable bonds is 9. The highest BCUT2D eigenvalue weighted by Gasteiger charge is 2.03. The lowest BCUT2D eigenvalue weighted by Gasteiger charge is -2.09. The summed E-state index contributed by atoms with van der Waals surface area (Å²) in [6.07, 6.45) is 1.09. The monoisotopic (exact) mass is 378 g/mol. The number of carbonyl (C=O) groups excluding carboxylic acids is 1. The summed E-state index contributed by atoms with van der Waals surface area (Å²) in [5, 5.41) is 6.17. The van der Waals surface area contributed by atoms with Crippen LogP contribution in [0, 0.1) is 5.82 Å². The minimum Gasteiger partial charge on any atom is -0.493 e. The molecule has 1 amide bonds. The topological polar surface area (TPSA) is 50.4 Å². The summed E-state index contributed by atoms with van der Waals surface area (Å²) in [5.41, 5.74) is 2.79. The van der Waals surface area contributed by atoms with Crippen molar-refractivity contribution >= 4 is 17.3 Å². The van der Waals surface area contributed by atoms with Crippen LogP contribution in [0.25, 0.3) is 0 Å². The van der Waals surface area contributed by atoms with Crippen LogP contribution >= 0.6 is 0 Å². The van der Waals surface area contributed by atoms with E-state index >= 15 is 0 Å². The molecule has 0 spiro atoms. The van der Waals surface area contributed by atoms with Crippen LogP contribution in [-0.4, -0.2) is 19.1 Å². The van der Waals surface area contributed by atoms with Gasteiger partial charge in [-0.15, -0.1) is 0 Å². The molecule has 2 N–H and O–H groups in total. The molecule has 0 heterocycles. The highest BCUT2D eigenvalue weighted by atomic mass is 19.1. The predicted octanol–water partition coefficient (Wildman–Crippen LogP) is 4.89. The van der Waals surface area contributed by atoms with E-state index in [0.29, 0.717) is 6.61 Å². The lowest BCUT2D eigenvalue weighted by atomic mass is 10.1. The molecular formula is C23H23FN2O2. The molecule has 3 aromatic rings. The fraction of sp³-hybridized carbons (Fsp3) is 0.174. The van der Waals surface area contributed by atoms with Crippen molar-refractivity contribution in [2.24, 2.45) is 0 Å². The zero-order valence-corrected chi connectivity index (χ0v) is 15.5. The van der Waals surface area contributed by atoms with Gasteiger partial charge in [-0.1, -0.05) is 30.3 Å². The van der Waals surface area contributed by atoms with Crippen molar-refractivity contribution in [2.45, 2.75) is 12.8 Å². The zero-order chi connectivity index (χ0) is 19.6. The third-order valence-corrected chi connectivity index (χ3v) is 4.17. The largest absolute Gasteiger partial charge is 0.493 e. The van der Waals surface area contributed by atoms with E-state index in [-0.39, 0.29) is 18.1 Å². The second-order valence-corrected chi connectivity index (χ2v) is 6.34. The Morgan fingerprint density at radius 2 is 1.54 bits per heavy atom. The van der Waals surface area contributed by atoms with E-state index in [0.717, 1.165) is 35.7 Å². The molecule has 3 rings (SSSR count). The van der Waals surface area contributed by atoms with Crippen molar-refractivity contribution in [3.05, 3.63) is 90.2 Å². The van der Waals surface area contributed by atoms with Crippen molar-refractivity contribution in [3.63, 3.8) is 0 Å². The molecule has 0 fully saturated rings. The number of hydrogen-bond donors (Lipinski definition) is 2. The molecule has 0 aromatic heterocycles. The molecule has 0 aliphatic carbocycles. The maximum absolute atomic E-state index is 12.9. The molecule has 0 aliphatic rings. The molecule has 144 valence electrons. The Labute approximate surface area is 164 Å². The maximum atomic E-state index is 12.9. The highest BCUT2D eigenvalue weighted by molar-refractivity contribution is 5.90. The van der Waals surface area contributed by atoms with E-state index in [4.69, 9.17) is 4.74 Å². The summed E-state index contributed by atoms with van der Waals surface area (Å²) in [4.78, 5) is 12.0. The van der Waals surface area contributed by atoms with E-state index in [2.05, 4.69) is 10.6 Å². The molecule has 0 bridgehead atoms. The number of nitrogens with one attached hydrogen (secondary N) is 2. The van der Waals surface area contributed by atoms with Crippen molar-refractivity contribution in [2.75, 3.05) is 23.8 Å². The van der Waals surface area contributed by atoms with Crippen LogP contribution in [0.3, 0.4) is 0 Å². The number of benzene rings is 3. The Morgan fingerprint density at radius 3 is 2.25 bits per heavy atom. The molecule has 0 radical (unpaired) electrons. The van der Waals surface area contributed by atoms with Crippen molar-refractivity contribution in [1.82, 2.24) is 0 Å². The molecule has 0 atom stereocenters. The molecule has 0 saturated carbocycles. The number of carbonyl (C=O) groups is 1. The Balaban J connectivity index is 1.37. The Kier molecular flexibility index (Phi) is 7.01. The lowest BCUT2D eigenvalue weighted by Crippen LogP contribution is -2.15. The molecule has 4 nitrogen and oxygen atoms in total. The van der Waals surface area contributed by atoms with Crippen LogP contribution < -0.4 is 15.4 Å². The third-order valence-electron chi connectivity index (χ3n) is 4.17. The first-order chi connectivity index (χ1) is 13.7. The van der Waals surface area contributed by atoms with Crippen molar-refractivity contribution in [3.8, 4) is 5.75 Å². The normalized spacial score (nSPS) is 10.3. The predicted molar refractivity (Wildman–Crippen MR) is 110 cm³/mol. The zero-order valence-electron chi connectivity index (χ0n) is 15.5. The number of anilines is 2. The van der Waals surface area contributed by atoms with Crippen LogP contribution in [0.4, 0.5) is 15.8 Å². The summed E-state index contributed by atoms with van der Waals surface area (Å²) in [5.74, 6) is 0.445. The van der Waals surface area contributed by atoms with E-state index in [1.807, 2.05) is 54.6 Å². The fourth-order valence-electron chi connectivity index (χ4n) is 2.68. The number of hydrogen-bond acceptors (Lipinski definition) is 3. The van der Waals surface area contributed by atoms with Gasteiger partial charge in [0.2, 0.25) is 5.91 Å². The SMILES string of the molecule is O=C(CCOc1ccccc1)Nc1ccc(NCCc2ccc(F)cc2)cc1. The van der Waals surface area contributed by atoms with E-state index in [9.17, 15) is 9.18 Å². The second kappa shape index (κ2) is 10.1. The van der Waals surface area contributed by atoms with Gasteiger partial charge in [0.25, 0.3) is 0 Å². The second-order valence-electron chi connectivity index (χ2n) is 6.34. The average molecular weight is 378 g/mol. The summed E-state index contributed by atoms with van der Waals surface area (Å²) in [6, 6.07) is 23.5. The Hall–Kier alpha value is -3.34. The molecule has 0 unspecified atom stereocenters. The smallest absolute Gasteiger partial charge is 0.227 e. The minimum atomic E-state index is -0.221. The molecule has 0 aliphatic heterocycles. The van der Waals surface area contributed by atoms with Gasteiger partial charge in [0.15, 0.2) is 0 Å². The average Bonchev–Trinajstić information content (AvgIpc) is 2.72. The van der Waals surface area contributed by atoms with Gasteiger partial charge in [0.1, 0.15) is 11.6 Å². The van der Waals surface area contributed by atoms with Gasteiger partial charge < -0.3 is 15.4 Å². The van der Waals surface area contributed by atoms with Crippen molar-refractivity contribution in [1.29, 1.82) is 0 Å². The van der Waals surface area contributed by atoms with Gasteiger partial charge in [-0.05, 0) is 60.5 Å². The number of para-hydroxylation sites is 1. The van der Waals surface area contributed by atoms with Crippen LogP contribution in [0.15, 0.2) is 78.9 Å². The minimum absolute atomic E-state index is 0.0899. The van der Waals surface area contributed by atoms with Gasteiger partial charge >= 0.3 is 0 Å². The molecule has 28 heavy (non-hydrogen) atoms. The molecular weight excluding hydrogens is 355 g/mol. The van der Waals surface area contributed by atoms with Crippen LogP contribution in [-0.2, 0) is 11.2 Å². The van der Waals surface area contributed by atoms with Gasteiger partial charge in [-0.2, -0.15) is 0 Å². The summed E-state index contributed by atoms with van der Waals surface area (Å²) in [6.45, 7) is 1.08. The first-order valence-electron chi connectivity index (χ1n) is 9.25. The van der Waals surface area contributed by atoms with Gasteiger partial charge in [-0.25, -0.2) is 4.39 Å². The quantitative estimate of drug-likeness (QED) is 0.557. The fourth-order valence-corrected chi connectivity index (χ4v) is 2.68. The number of amides is 1. The van der Waals surface area contributed by atoms with E-state index in [1.165, 1.54) is 12.1 Å². The number of halogens is 1. The van der Waals surface area contributed by atoms with Crippen molar-refractivity contribution < 1.29 is 13.9 Å². The standard InChI is InChI=1S/C23H23FN2O2/c24-19-8-6-18(7-9-19)14-16-25-20-10-12-21(13-11-20)26-23(27)15-17-28-22-4-2-1-3-5-22/h1-13,25H,14-17H2,(H,26,27). The highest BCUT2D eigenvalue weighted by Crippen LogP contribution is 2.14.